The van der Waals surface area contributed by atoms with E-state index in [1.54, 1.807) is 0 Å². The highest BCUT2D eigenvalue weighted by Gasteiger charge is 2.43. The van der Waals surface area contributed by atoms with Crippen LogP contribution in [0.25, 0.3) is 11.8 Å². The van der Waals surface area contributed by atoms with Crippen molar-refractivity contribution in [3.05, 3.63) is 74.5 Å². The molecule has 0 radical (unpaired) electrons. The second-order valence-corrected chi connectivity index (χ2v) is 10.8. The van der Waals surface area contributed by atoms with Crippen molar-refractivity contribution in [2.45, 2.75) is 37.8 Å². The maximum atomic E-state index is 13.9. The van der Waals surface area contributed by atoms with Gasteiger partial charge in [-0.05, 0) is 61.1 Å². The molecule has 1 heterocycles. The summed E-state index contributed by atoms with van der Waals surface area (Å²) in [5, 5.41) is 13.8. The van der Waals surface area contributed by atoms with Gasteiger partial charge in [0.25, 0.3) is 5.95 Å². The van der Waals surface area contributed by atoms with Crippen LogP contribution in [0.4, 0.5) is 19.1 Å². The molecule has 0 spiro atoms. The molecule has 2 aliphatic carbocycles. The van der Waals surface area contributed by atoms with Crippen molar-refractivity contribution >= 4 is 58.6 Å². The van der Waals surface area contributed by atoms with Crippen molar-refractivity contribution in [3.63, 3.8) is 0 Å². The van der Waals surface area contributed by atoms with Gasteiger partial charge in [0.15, 0.2) is 0 Å². The summed E-state index contributed by atoms with van der Waals surface area (Å²) in [5.41, 5.74) is 0.491. The summed E-state index contributed by atoms with van der Waals surface area (Å²) in [7, 11) is 0. The molecule has 7 nitrogen and oxygen atoms in total. The van der Waals surface area contributed by atoms with E-state index in [1.165, 1.54) is 35.3 Å². The molecule has 13 heteroatoms. The first-order chi connectivity index (χ1) is 19.0. The van der Waals surface area contributed by atoms with Gasteiger partial charge in [-0.3, -0.25) is 9.59 Å². The number of hydrogen-bond donors (Lipinski definition) is 0. The van der Waals surface area contributed by atoms with Crippen molar-refractivity contribution in [1.29, 1.82) is 5.26 Å². The van der Waals surface area contributed by atoms with Crippen LogP contribution in [-0.2, 0) is 9.59 Å². The van der Waals surface area contributed by atoms with Gasteiger partial charge < -0.3 is 0 Å². The minimum absolute atomic E-state index is 0.0422. The summed E-state index contributed by atoms with van der Waals surface area (Å²) in [6.45, 7) is 0. The van der Waals surface area contributed by atoms with E-state index in [0.717, 1.165) is 23.1 Å². The summed E-state index contributed by atoms with van der Waals surface area (Å²) >= 11 is 17.8. The number of nitriles is 1. The number of benzene rings is 2. The van der Waals surface area contributed by atoms with E-state index in [-0.39, 0.29) is 61.5 Å². The van der Waals surface area contributed by atoms with Crippen molar-refractivity contribution in [1.82, 2.24) is 14.8 Å². The minimum atomic E-state index is -4.66. The highest BCUT2D eigenvalue weighted by Crippen LogP contribution is 2.41. The smallest absolute Gasteiger partial charge is 0.274 e. The van der Waals surface area contributed by atoms with Gasteiger partial charge in [0.1, 0.15) is 12.4 Å². The lowest BCUT2D eigenvalue weighted by molar-refractivity contribution is -0.139. The first-order valence-electron chi connectivity index (χ1n) is 12.2. The van der Waals surface area contributed by atoms with E-state index >= 15 is 0 Å². The average molecular weight is 609 g/mol. The number of amides is 2. The fourth-order valence-electron chi connectivity index (χ4n) is 4.12. The van der Waals surface area contributed by atoms with Crippen LogP contribution in [0.2, 0.25) is 15.1 Å². The van der Waals surface area contributed by atoms with Crippen LogP contribution in [-0.4, -0.2) is 32.8 Å². The molecule has 40 heavy (non-hydrogen) atoms. The van der Waals surface area contributed by atoms with Gasteiger partial charge in [0.05, 0.1) is 32.2 Å². The first kappa shape index (κ1) is 28.1. The number of anilines is 1. The van der Waals surface area contributed by atoms with Crippen LogP contribution < -0.4 is 4.90 Å². The van der Waals surface area contributed by atoms with E-state index in [4.69, 9.17) is 34.8 Å². The molecule has 2 fully saturated rings. The second-order valence-electron chi connectivity index (χ2n) is 9.61. The van der Waals surface area contributed by atoms with Crippen molar-refractivity contribution < 1.29 is 22.8 Å². The fraction of sp³-hybridized carbons (Fsp3) is 0.296. The van der Waals surface area contributed by atoms with Gasteiger partial charge in [0, 0.05) is 11.8 Å². The molecule has 206 valence electrons. The van der Waals surface area contributed by atoms with Crippen LogP contribution in [0.1, 0.15) is 48.3 Å². The number of carbonyl (C=O) groups excluding carboxylic acids is 2. The summed E-state index contributed by atoms with van der Waals surface area (Å²) in [4.78, 5) is 30.8. The number of allylic oxidation sites excluding steroid dienone is 1. The number of alkyl halides is 3. The number of nitrogens with zero attached hydrogens (tertiary/aromatic N) is 5. The maximum Gasteiger partial charge on any atom is 0.399 e. The number of hydrogen-bond acceptors (Lipinski definition) is 5. The Hall–Kier alpha value is -3.39. The standard InChI is InChI=1S/C27H19Cl3F3N5O2/c28-20-10-17(11-21(29)23(20)30)19(27(31,32)33)7-1-14-2-8-22(18(9-14)12-34)37-13-35-26(36-37)38(24(39)15-3-4-15)25(40)16-5-6-16/h1-2,7-11,13,15-16,19H,3-6H2/b7-1+. The minimum Gasteiger partial charge on any atom is -0.274 e. The predicted octanol–water partition coefficient (Wildman–Crippen LogP) is 7.14. The Morgan fingerprint density at radius 3 is 2.17 bits per heavy atom. The Labute approximate surface area is 241 Å². The highest BCUT2D eigenvalue weighted by atomic mass is 35.5. The quantitative estimate of drug-likeness (QED) is 0.210. The number of halogens is 6. The van der Waals surface area contributed by atoms with Gasteiger partial charge >= 0.3 is 6.18 Å². The summed E-state index contributed by atoms with van der Waals surface area (Å²) < 4.78 is 43.0. The Balaban J connectivity index is 1.43. The third-order valence-corrected chi connectivity index (χ3v) is 7.76. The maximum absolute atomic E-state index is 13.9. The molecule has 1 unspecified atom stereocenters. The summed E-state index contributed by atoms with van der Waals surface area (Å²) in [6, 6.07) is 8.61. The molecule has 1 aromatic heterocycles. The van der Waals surface area contributed by atoms with E-state index in [0.29, 0.717) is 31.2 Å². The van der Waals surface area contributed by atoms with Crippen molar-refractivity contribution in [2.24, 2.45) is 11.8 Å². The first-order valence-corrected chi connectivity index (χ1v) is 13.3. The zero-order valence-electron chi connectivity index (χ0n) is 20.5. The molecular weight excluding hydrogens is 590 g/mol. The molecule has 0 bridgehead atoms. The molecular formula is C27H19Cl3F3N5O2. The number of aromatic nitrogens is 3. The molecule has 0 N–H and O–H groups in total. The van der Waals surface area contributed by atoms with E-state index in [1.807, 2.05) is 6.07 Å². The van der Waals surface area contributed by atoms with Gasteiger partial charge in [-0.1, -0.05) is 53.0 Å². The summed E-state index contributed by atoms with van der Waals surface area (Å²) in [6.07, 6.45) is 1.60. The molecule has 0 saturated heterocycles. The van der Waals surface area contributed by atoms with Crippen LogP contribution in [0, 0.1) is 23.2 Å². The zero-order chi connectivity index (χ0) is 28.8. The monoisotopic (exact) mass is 607 g/mol. The van der Waals surface area contributed by atoms with E-state index in [2.05, 4.69) is 10.1 Å². The molecule has 5 rings (SSSR count). The Morgan fingerprint density at radius 1 is 1.05 bits per heavy atom. The van der Waals surface area contributed by atoms with Crippen LogP contribution >= 0.6 is 34.8 Å². The van der Waals surface area contributed by atoms with E-state index in [9.17, 15) is 28.0 Å². The Bertz CT molecular complexity index is 1530. The van der Waals surface area contributed by atoms with Crippen molar-refractivity contribution in [3.8, 4) is 11.8 Å². The molecule has 0 aliphatic heterocycles. The lowest BCUT2D eigenvalue weighted by atomic mass is 9.96. The lowest BCUT2D eigenvalue weighted by Gasteiger charge is -2.18. The summed E-state index contributed by atoms with van der Waals surface area (Å²) in [5.74, 6) is -3.24. The second kappa shape index (κ2) is 10.9. The van der Waals surface area contributed by atoms with Gasteiger partial charge in [-0.15, -0.1) is 5.10 Å². The third-order valence-electron chi connectivity index (χ3n) is 6.56. The molecule has 2 aliphatic rings. The normalized spacial score (nSPS) is 16.1. The van der Waals surface area contributed by atoms with Crippen molar-refractivity contribution in [2.75, 3.05) is 4.90 Å². The average Bonchev–Trinajstić information content (AvgIpc) is 3.84. The SMILES string of the molecule is N#Cc1cc(/C=C/C(c2cc(Cl)c(Cl)c(Cl)c2)C(F)(F)F)ccc1-n1cnc(N(C(=O)C2CC2)C(=O)C2CC2)n1. The molecule has 1 atom stereocenters. The highest BCUT2D eigenvalue weighted by molar-refractivity contribution is 6.48. The molecule has 3 aromatic rings. The fourth-order valence-corrected chi connectivity index (χ4v) is 4.74. The van der Waals surface area contributed by atoms with Gasteiger partial charge in [-0.25, -0.2) is 9.58 Å². The Morgan fingerprint density at radius 2 is 1.65 bits per heavy atom. The molecule has 2 aromatic carbocycles. The zero-order valence-corrected chi connectivity index (χ0v) is 22.8. The third kappa shape index (κ3) is 5.87. The molecule has 2 amide bonds. The van der Waals surface area contributed by atoms with E-state index < -0.39 is 12.1 Å². The predicted molar refractivity (Wildman–Crippen MR) is 143 cm³/mol. The number of rotatable bonds is 7. The largest absolute Gasteiger partial charge is 0.399 e. The van der Waals surface area contributed by atoms with Crippen LogP contribution in [0.3, 0.4) is 0 Å². The number of imide groups is 1. The van der Waals surface area contributed by atoms with Crippen LogP contribution in [0.5, 0.6) is 0 Å². The Kier molecular flexibility index (Phi) is 7.66. The molecule has 2 saturated carbocycles. The van der Waals surface area contributed by atoms with Gasteiger partial charge in [0.2, 0.25) is 11.8 Å². The van der Waals surface area contributed by atoms with Gasteiger partial charge in [-0.2, -0.15) is 23.4 Å². The van der Waals surface area contributed by atoms with Crippen LogP contribution in [0.15, 0.2) is 42.7 Å². The number of carbonyl (C=O) groups is 2. The lowest BCUT2D eigenvalue weighted by Crippen LogP contribution is -2.40. The topological polar surface area (TPSA) is 91.9 Å².